The number of hydrogen-bond acceptors (Lipinski definition) is 6. The number of sulfonamides is 1. The number of amides is 1. The molecule has 0 fully saturated rings. The minimum atomic E-state index is -3.92. The van der Waals surface area contributed by atoms with E-state index < -0.39 is 22.0 Å². The van der Waals surface area contributed by atoms with Gasteiger partial charge in [0.25, 0.3) is 15.9 Å². The average Bonchev–Trinajstić information content (AvgIpc) is 2.86. The minimum Gasteiger partial charge on any atom is -0.486 e. The van der Waals surface area contributed by atoms with Crippen LogP contribution < -0.4 is 23.8 Å². The van der Waals surface area contributed by atoms with Crippen molar-refractivity contribution in [1.29, 1.82) is 0 Å². The topological polar surface area (TPSA) is 94.2 Å². The van der Waals surface area contributed by atoms with Crippen molar-refractivity contribution in [3.05, 3.63) is 77.9 Å². The quantitative estimate of drug-likeness (QED) is 0.586. The van der Waals surface area contributed by atoms with Crippen molar-refractivity contribution >= 4 is 21.6 Å². The maximum Gasteiger partial charge on any atom is 0.264 e. The van der Waals surface area contributed by atoms with Crippen LogP contribution >= 0.6 is 0 Å². The Morgan fingerprint density at radius 2 is 1.66 bits per heavy atom. The molecule has 2 heterocycles. The third kappa shape index (κ3) is 4.64. The van der Waals surface area contributed by atoms with Gasteiger partial charge in [0, 0.05) is 0 Å². The van der Waals surface area contributed by atoms with E-state index in [1.165, 1.54) is 4.31 Å². The number of hydrogen-bond donors (Lipinski definition) is 1. The molecule has 0 aromatic heterocycles. The molecule has 2 aliphatic rings. The first-order valence-electron chi connectivity index (χ1n) is 11.3. The Hall–Kier alpha value is -3.72. The lowest BCUT2D eigenvalue weighted by Crippen LogP contribution is -2.52. The van der Waals surface area contributed by atoms with E-state index in [2.05, 4.69) is 5.32 Å². The van der Waals surface area contributed by atoms with Gasteiger partial charge < -0.3 is 19.5 Å². The zero-order chi connectivity index (χ0) is 24.6. The lowest BCUT2D eigenvalue weighted by atomic mass is 10.1. The smallest absolute Gasteiger partial charge is 0.264 e. The Kier molecular flexibility index (Phi) is 6.02. The second-order valence-corrected chi connectivity index (χ2v) is 10.5. The van der Waals surface area contributed by atoms with E-state index in [1.807, 2.05) is 38.1 Å². The zero-order valence-electron chi connectivity index (χ0n) is 19.4. The van der Waals surface area contributed by atoms with Crippen LogP contribution in [0.4, 0.5) is 5.69 Å². The second-order valence-electron chi connectivity index (χ2n) is 8.67. The molecule has 2 aliphatic heterocycles. The maximum absolute atomic E-state index is 13.6. The van der Waals surface area contributed by atoms with Crippen LogP contribution in [0.15, 0.2) is 71.6 Å². The molecule has 3 aromatic rings. The molecule has 1 amide bonds. The van der Waals surface area contributed by atoms with Crippen LogP contribution in [0.25, 0.3) is 0 Å². The minimum absolute atomic E-state index is 0.149. The van der Waals surface area contributed by atoms with E-state index in [4.69, 9.17) is 14.2 Å². The summed E-state index contributed by atoms with van der Waals surface area (Å²) in [6.45, 7) is 4.10. The number of nitrogens with zero attached hydrogens (tertiary/aromatic N) is 1. The number of rotatable bonds is 5. The van der Waals surface area contributed by atoms with Gasteiger partial charge in [-0.1, -0.05) is 35.9 Å². The molecule has 8 nitrogen and oxygen atoms in total. The summed E-state index contributed by atoms with van der Waals surface area (Å²) in [6.07, 6.45) is -1.40. The molecule has 0 saturated heterocycles. The van der Waals surface area contributed by atoms with Crippen LogP contribution in [-0.4, -0.2) is 46.2 Å². The molecule has 3 aromatic carbocycles. The highest BCUT2D eigenvalue weighted by Crippen LogP contribution is 2.38. The molecular formula is C26H26N2O6S. The Balaban J connectivity index is 1.34. The van der Waals surface area contributed by atoms with Gasteiger partial charge >= 0.3 is 0 Å². The summed E-state index contributed by atoms with van der Waals surface area (Å²) in [4.78, 5) is 13.2. The van der Waals surface area contributed by atoms with Crippen LogP contribution in [0.1, 0.15) is 11.1 Å². The SMILES string of the molecule is Cc1ccc(S(=O)(=O)N2CC(C(=O)NCC3COc4ccccc4O3)Oc3ccc(C)cc32)cc1. The van der Waals surface area contributed by atoms with Gasteiger partial charge in [-0.25, -0.2) is 8.42 Å². The number of para-hydroxylation sites is 2. The molecule has 1 N–H and O–H groups in total. The van der Waals surface area contributed by atoms with Gasteiger partial charge in [-0.05, 0) is 55.8 Å². The van der Waals surface area contributed by atoms with Crippen LogP contribution in [0.5, 0.6) is 17.2 Å². The van der Waals surface area contributed by atoms with Crippen molar-refractivity contribution in [3.8, 4) is 17.2 Å². The lowest BCUT2D eigenvalue weighted by Gasteiger charge is -2.35. The van der Waals surface area contributed by atoms with E-state index in [9.17, 15) is 13.2 Å². The van der Waals surface area contributed by atoms with Gasteiger partial charge in [0.05, 0.1) is 23.7 Å². The Labute approximate surface area is 204 Å². The largest absolute Gasteiger partial charge is 0.486 e. The molecule has 0 bridgehead atoms. The predicted octanol–water partition coefficient (Wildman–Crippen LogP) is 3.22. The summed E-state index contributed by atoms with van der Waals surface area (Å²) in [7, 11) is -3.92. The van der Waals surface area contributed by atoms with Gasteiger partial charge in [-0.2, -0.15) is 0 Å². The Morgan fingerprint density at radius 3 is 2.43 bits per heavy atom. The number of carbonyl (C=O) groups is 1. The molecule has 0 spiro atoms. The average molecular weight is 495 g/mol. The maximum atomic E-state index is 13.6. The van der Waals surface area contributed by atoms with Crippen molar-refractivity contribution in [2.24, 2.45) is 0 Å². The van der Waals surface area contributed by atoms with Crippen molar-refractivity contribution in [2.45, 2.75) is 31.0 Å². The monoisotopic (exact) mass is 494 g/mol. The number of carbonyl (C=O) groups excluding carboxylic acids is 1. The Bertz CT molecular complexity index is 1360. The van der Waals surface area contributed by atoms with Crippen LogP contribution in [-0.2, 0) is 14.8 Å². The first-order valence-corrected chi connectivity index (χ1v) is 12.8. The molecule has 2 unspecified atom stereocenters. The standard InChI is InChI=1S/C26H26N2O6S/c1-17-7-10-20(11-8-17)35(30,31)28-15-25(34-22-12-9-18(2)13-21(22)28)26(29)27-14-19-16-32-23-5-3-4-6-24(23)33-19/h3-13,19,25H,14-16H2,1-2H3,(H,27,29). The first-order chi connectivity index (χ1) is 16.8. The number of anilines is 1. The highest BCUT2D eigenvalue weighted by molar-refractivity contribution is 7.92. The molecule has 0 saturated carbocycles. The van der Waals surface area contributed by atoms with Crippen molar-refractivity contribution in [3.63, 3.8) is 0 Å². The van der Waals surface area contributed by atoms with E-state index >= 15 is 0 Å². The summed E-state index contributed by atoms with van der Waals surface area (Å²) in [5.41, 5.74) is 2.25. The fourth-order valence-corrected chi connectivity index (χ4v) is 5.52. The molecule has 0 aliphatic carbocycles. The number of benzene rings is 3. The van der Waals surface area contributed by atoms with E-state index in [0.717, 1.165) is 11.1 Å². The van der Waals surface area contributed by atoms with E-state index in [1.54, 1.807) is 42.5 Å². The third-order valence-electron chi connectivity index (χ3n) is 5.96. The molecular weight excluding hydrogens is 468 g/mol. The molecule has 0 radical (unpaired) electrons. The third-order valence-corrected chi connectivity index (χ3v) is 7.75. The van der Waals surface area contributed by atoms with Gasteiger partial charge in [0.1, 0.15) is 18.5 Å². The number of nitrogens with one attached hydrogen (secondary N) is 1. The number of fused-ring (bicyclic) bond motifs is 2. The predicted molar refractivity (Wildman–Crippen MR) is 131 cm³/mol. The first kappa shape index (κ1) is 23.0. The normalized spacial score (nSPS) is 18.9. The summed E-state index contributed by atoms with van der Waals surface area (Å²) in [5, 5.41) is 2.82. The van der Waals surface area contributed by atoms with Gasteiger partial charge in [0.2, 0.25) is 0 Å². The lowest BCUT2D eigenvalue weighted by molar-refractivity contribution is -0.128. The molecule has 182 valence electrons. The van der Waals surface area contributed by atoms with Crippen LogP contribution in [0.3, 0.4) is 0 Å². The van der Waals surface area contributed by atoms with Crippen molar-refractivity contribution in [1.82, 2.24) is 5.32 Å². The van der Waals surface area contributed by atoms with Gasteiger partial charge in [-0.15, -0.1) is 0 Å². The van der Waals surface area contributed by atoms with Crippen LogP contribution in [0.2, 0.25) is 0 Å². The van der Waals surface area contributed by atoms with E-state index in [-0.39, 0.29) is 24.1 Å². The molecule has 35 heavy (non-hydrogen) atoms. The van der Waals surface area contributed by atoms with Gasteiger partial charge in [0.15, 0.2) is 17.6 Å². The molecule has 9 heteroatoms. The van der Waals surface area contributed by atoms with E-state index in [0.29, 0.717) is 29.5 Å². The molecule has 5 rings (SSSR count). The fourth-order valence-electron chi connectivity index (χ4n) is 4.05. The highest BCUT2D eigenvalue weighted by Gasteiger charge is 2.38. The summed E-state index contributed by atoms with van der Waals surface area (Å²) in [5.74, 6) is 1.19. The zero-order valence-corrected chi connectivity index (χ0v) is 20.2. The van der Waals surface area contributed by atoms with Crippen molar-refractivity contribution < 1.29 is 27.4 Å². The summed E-state index contributed by atoms with van der Waals surface area (Å²) in [6, 6.07) is 19.2. The second kappa shape index (κ2) is 9.14. The fraction of sp³-hybridized carbons (Fsp3) is 0.269. The van der Waals surface area contributed by atoms with Crippen molar-refractivity contribution in [2.75, 3.05) is 24.0 Å². The van der Waals surface area contributed by atoms with Crippen LogP contribution in [0, 0.1) is 13.8 Å². The van der Waals surface area contributed by atoms with Gasteiger partial charge in [-0.3, -0.25) is 9.10 Å². The number of aryl methyl sites for hydroxylation is 2. The highest BCUT2D eigenvalue weighted by atomic mass is 32.2. The molecule has 2 atom stereocenters. The number of ether oxygens (including phenoxy) is 3. The summed E-state index contributed by atoms with van der Waals surface area (Å²) < 4.78 is 45.9. The Morgan fingerprint density at radius 1 is 0.943 bits per heavy atom. The summed E-state index contributed by atoms with van der Waals surface area (Å²) >= 11 is 0.